The second kappa shape index (κ2) is 7.40. The minimum Gasteiger partial charge on any atom is -0.456 e. The van der Waals surface area contributed by atoms with Crippen molar-refractivity contribution in [3.8, 4) is 0 Å². The molecule has 0 aliphatic carbocycles. The van der Waals surface area contributed by atoms with Gasteiger partial charge in [0.15, 0.2) is 0 Å². The van der Waals surface area contributed by atoms with Gasteiger partial charge in [0.1, 0.15) is 18.2 Å². The van der Waals surface area contributed by atoms with Gasteiger partial charge in [-0.1, -0.05) is 60.1 Å². The number of urea groups is 1. The van der Waals surface area contributed by atoms with E-state index in [1.54, 1.807) is 62.4 Å². The van der Waals surface area contributed by atoms with Crippen molar-refractivity contribution in [3.05, 3.63) is 70.7 Å². The standard InChI is InChI=1S/C20H19ClN2O4/c1-13(15-10-6-7-11-16(15)21)27-17(24)12-23-18(25)20(2,22-19(23)26)14-8-4-3-5-9-14/h3-11,13H,12H2,1-2H3,(H,22,26)/t13-,20-/m0/s1. The van der Waals surface area contributed by atoms with E-state index in [1.165, 1.54) is 0 Å². The number of carbonyl (C=O) groups is 3. The molecule has 1 aliphatic heterocycles. The Kier molecular flexibility index (Phi) is 5.19. The maximum Gasteiger partial charge on any atom is 0.326 e. The summed E-state index contributed by atoms with van der Waals surface area (Å²) in [7, 11) is 0. The highest BCUT2D eigenvalue weighted by Gasteiger charge is 2.49. The lowest BCUT2D eigenvalue weighted by Gasteiger charge is -2.22. The van der Waals surface area contributed by atoms with Crippen molar-refractivity contribution in [2.45, 2.75) is 25.5 Å². The summed E-state index contributed by atoms with van der Waals surface area (Å²) in [5, 5.41) is 3.13. The third kappa shape index (κ3) is 3.66. The van der Waals surface area contributed by atoms with Crippen LogP contribution in [0.1, 0.15) is 31.1 Å². The molecule has 27 heavy (non-hydrogen) atoms. The number of nitrogens with zero attached hydrogens (tertiary/aromatic N) is 1. The van der Waals surface area contributed by atoms with E-state index in [0.717, 1.165) is 4.90 Å². The van der Waals surface area contributed by atoms with Gasteiger partial charge in [-0.25, -0.2) is 4.79 Å². The fourth-order valence-corrected chi connectivity index (χ4v) is 3.33. The van der Waals surface area contributed by atoms with Crippen LogP contribution >= 0.6 is 11.6 Å². The zero-order valence-corrected chi connectivity index (χ0v) is 15.7. The van der Waals surface area contributed by atoms with E-state index < -0.39 is 36.1 Å². The van der Waals surface area contributed by atoms with Gasteiger partial charge in [-0.3, -0.25) is 14.5 Å². The molecular weight excluding hydrogens is 368 g/mol. The van der Waals surface area contributed by atoms with Crippen LogP contribution in [-0.4, -0.2) is 29.4 Å². The van der Waals surface area contributed by atoms with Crippen molar-refractivity contribution in [2.24, 2.45) is 0 Å². The Morgan fingerprint density at radius 3 is 2.44 bits per heavy atom. The largest absolute Gasteiger partial charge is 0.456 e. The third-order valence-corrected chi connectivity index (χ3v) is 4.91. The van der Waals surface area contributed by atoms with Crippen LogP contribution in [0.2, 0.25) is 5.02 Å². The number of esters is 1. The van der Waals surface area contributed by atoms with Crippen molar-refractivity contribution in [1.29, 1.82) is 0 Å². The number of hydrogen-bond donors (Lipinski definition) is 1. The number of rotatable bonds is 5. The Balaban J connectivity index is 1.70. The molecule has 0 saturated carbocycles. The molecule has 1 heterocycles. The van der Waals surface area contributed by atoms with Gasteiger partial charge >= 0.3 is 12.0 Å². The van der Waals surface area contributed by atoms with E-state index >= 15 is 0 Å². The number of nitrogens with one attached hydrogen (secondary N) is 1. The van der Waals surface area contributed by atoms with Crippen molar-refractivity contribution >= 4 is 29.5 Å². The maximum absolute atomic E-state index is 12.8. The topological polar surface area (TPSA) is 75.7 Å². The molecule has 3 rings (SSSR count). The molecule has 6 nitrogen and oxygen atoms in total. The number of hydrogen-bond acceptors (Lipinski definition) is 4. The van der Waals surface area contributed by atoms with E-state index in [0.29, 0.717) is 16.1 Å². The first-order valence-corrected chi connectivity index (χ1v) is 8.84. The molecule has 0 radical (unpaired) electrons. The second-order valence-electron chi connectivity index (χ2n) is 6.47. The summed E-state index contributed by atoms with van der Waals surface area (Å²) < 4.78 is 5.35. The highest BCUT2D eigenvalue weighted by molar-refractivity contribution is 6.31. The number of ether oxygens (including phenoxy) is 1. The van der Waals surface area contributed by atoms with E-state index in [9.17, 15) is 14.4 Å². The van der Waals surface area contributed by atoms with Crippen molar-refractivity contribution in [1.82, 2.24) is 10.2 Å². The number of amides is 3. The van der Waals surface area contributed by atoms with Crippen LogP contribution in [0.25, 0.3) is 0 Å². The summed E-state index contributed by atoms with van der Waals surface area (Å²) in [6, 6.07) is 15.3. The average molecular weight is 387 g/mol. The molecule has 0 bridgehead atoms. The molecular formula is C20H19ClN2O4. The predicted octanol–water partition coefficient (Wildman–Crippen LogP) is 3.41. The molecule has 2 aromatic carbocycles. The Labute approximate surface area is 162 Å². The zero-order chi connectivity index (χ0) is 19.6. The first-order valence-electron chi connectivity index (χ1n) is 8.46. The first kappa shape index (κ1) is 18.9. The van der Waals surface area contributed by atoms with Gasteiger partial charge in [0.2, 0.25) is 0 Å². The Morgan fingerprint density at radius 2 is 1.78 bits per heavy atom. The number of benzene rings is 2. The van der Waals surface area contributed by atoms with Gasteiger partial charge in [0.05, 0.1) is 0 Å². The Bertz CT molecular complexity index is 887. The van der Waals surface area contributed by atoms with Crippen LogP contribution < -0.4 is 5.32 Å². The lowest BCUT2D eigenvalue weighted by molar-refractivity contribution is -0.152. The summed E-state index contributed by atoms with van der Waals surface area (Å²) in [6.07, 6.45) is -0.604. The van der Waals surface area contributed by atoms with Crippen LogP contribution in [-0.2, 0) is 19.9 Å². The molecule has 0 unspecified atom stereocenters. The smallest absolute Gasteiger partial charge is 0.326 e. The summed E-state index contributed by atoms with van der Waals surface area (Å²) in [5.41, 5.74) is 0.0787. The lowest BCUT2D eigenvalue weighted by Crippen LogP contribution is -2.41. The third-order valence-electron chi connectivity index (χ3n) is 4.56. The molecule has 0 aromatic heterocycles. The summed E-state index contributed by atoms with van der Waals surface area (Å²) in [5.74, 6) is -1.19. The predicted molar refractivity (Wildman–Crippen MR) is 100.0 cm³/mol. The van der Waals surface area contributed by atoms with E-state index in [-0.39, 0.29) is 0 Å². The normalized spacial score (nSPS) is 20.3. The van der Waals surface area contributed by atoms with Crippen molar-refractivity contribution in [2.75, 3.05) is 6.54 Å². The molecule has 140 valence electrons. The van der Waals surface area contributed by atoms with Gasteiger partial charge in [-0.2, -0.15) is 0 Å². The molecule has 1 saturated heterocycles. The van der Waals surface area contributed by atoms with E-state index in [4.69, 9.17) is 16.3 Å². The molecule has 2 atom stereocenters. The minimum atomic E-state index is -1.22. The fraction of sp³-hybridized carbons (Fsp3) is 0.250. The van der Waals surface area contributed by atoms with Crippen LogP contribution in [0.5, 0.6) is 0 Å². The molecule has 3 amide bonds. The number of carbonyl (C=O) groups excluding carboxylic acids is 3. The van der Waals surface area contributed by atoms with Crippen LogP contribution in [0, 0.1) is 0 Å². The van der Waals surface area contributed by atoms with Crippen LogP contribution in [0.3, 0.4) is 0 Å². The monoisotopic (exact) mass is 386 g/mol. The van der Waals surface area contributed by atoms with Crippen molar-refractivity contribution < 1.29 is 19.1 Å². The highest BCUT2D eigenvalue weighted by atomic mass is 35.5. The van der Waals surface area contributed by atoms with E-state index in [1.807, 2.05) is 6.07 Å². The highest BCUT2D eigenvalue weighted by Crippen LogP contribution is 2.29. The lowest BCUT2D eigenvalue weighted by atomic mass is 9.92. The maximum atomic E-state index is 12.8. The Hall–Kier alpha value is -2.86. The fourth-order valence-electron chi connectivity index (χ4n) is 3.04. The second-order valence-corrected chi connectivity index (χ2v) is 6.87. The minimum absolute atomic E-state index is 0.470. The van der Waals surface area contributed by atoms with Gasteiger partial charge in [0, 0.05) is 10.6 Å². The molecule has 1 N–H and O–H groups in total. The summed E-state index contributed by atoms with van der Waals surface area (Å²) in [6.45, 7) is 2.82. The molecule has 1 aliphatic rings. The van der Waals surface area contributed by atoms with E-state index in [2.05, 4.69) is 5.32 Å². The number of imide groups is 1. The van der Waals surface area contributed by atoms with Crippen molar-refractivity contribution in [3.63, 3.8) is 0 Å². The SMILES string of the molecule is C[C@H](OC(=O)CN1C(=O)N[C@@](C)(c2ccccc2)C1=O)c1ccccc1Cl. The quantitative estimate of drug-likeness (QED) is 0.631. The summed E-state index contributed by atoms with van der Waals surface area (Å²) in [4.78, 5) is 38.2. The average Bonchev–Trinajstić information content (AvgIpc) is 2.87. The van der Waals surface area contributed by atoms with Gasteiger partial charge in [-0.15, -0.1) is 0 Å². The summed E-state index contributed by atoms with van der Waals surface area (Å²) >= 11 is 6.10. The molecule has 1 fully saturated rings. The first-order chi connectivity index (χ1) is 12.8. The molecule has 2 aromatic rings. The number of halogens is 1. The van der Waals surface area contributed by atoms with Crippen LogP contribution in [0.4, 0.5) is 4.79 Å². The molecule has 7 heteroatoms. The van der Waals surface area contributed by atoms with Crippen LogP contribution in [0.15, 0.2) is 54.6 Å². The zero-order valence-electron chi connectivity index (χ0n) is 14.9. The Morgan fingerprint density at radius 1 is 1.15 bits per heavy atom. The van der Waals surface area contributed by atoms with Gasteiger partial charge in [0.25, 0.3) is 5.91 Å². The molecule has 0 spiro atoms. The van der Waals surface area contributed by atoms with Gasteiger partial charge < -0.3 is 10.1 Å². The van der Waals surface area contributed by atoms with Gasteiger partial charge in [-0.05, 0) is 25.5 Å².